The van der Waals surface area contributed by atoms with Gasteiger partial charge in [0.05, 0.1) is 12.2 Å². The van der Waals surface area contributed by atoms with Gasteiger partial charge in [0.2, 0.25) is 0 Å². The number of hydrogen-bond acceptors (Lipinski definition) is 5. The molecule has 0 bridgehead atoms. The molecule has 0 saturated heterocycles. The Hall–Kier alpha value is -3.06. The maximum Gasteiger partial charge on any atom is 0.262 e. The molecule has 0 atom stereocenters. The summed E-state index contributed by atoms with van der Waals surface area (Å²) in [5.74, 6) is 0.0931. The number of rotatable bonds is 5. The van der Waals surface area contributed by atoms with Gasteiger partial charge < -0.3 is 10.4 Å². The zero-order valence-corrected chi connectivity index (χ0v) is 12.2. The van der Waals surface area contributed by atoms with Crippen molar-refractivity contribution in [1.29, 1.82) is 0 Å². The average molecular weight is 312 g/mol. The van der Waals surface area contributed by atoms with E-state index in [4.69, 9.17) is 5.21 Å². The molecule has 0 fully saturated rings. The number of fused-ring (bicyclic) bond motifs is 1. The summed E-state index contributed by atoms with van der Waals surface area (Å²) in [6.07, 6.45) is 2.29. The van der Waals surface area contributed by atoms with Crippen LogP contribution in [0.2, 0.25) is 0 Å². The van der Waals surface area contributed by atoms with Gasteiger partial charge in [-0.2, -0.15) is 0 Å². The molecular weight excluding hydrogens is 296 g/mol. The van der Waals surface area contributed by atoms with Gasteiger partial charge in [0, 0.05) is 12.6 Å². The van der Waals surface area contributed by atoms with Gasteiger partial charge in [-0.15, -0.1) is 0 Å². The van der Waals surface area contributed by atoms with Gasteiger partial charge in [-0.25, -0.2) is 10.5 Å². The van der Waals surface area contributed by atoms with Crippen LogP contribution in [0.4, 0.5) is 5.82 Å². The number of nitrogens with one attached hydrogen (secondary N) is 2. The summed E-state index contributed by atoms with van der Waals surface area (Å²) in [7, 11) is 0. The summed E-state index contributed by atoms with van der Waals surface area (Å²) in [5.41, 5.74) is 3.74. The first kappa shape index (κ1) is 14.9. The zero-order valence-electron chi connectivity index (χ0n) is 12.2. The fourth-order valence-corrected chi connectivity index (χ4v) is 2.40. The Kier molecular flexibility index (Phi) is 4.11. The number of pyridine rings is 1. The summed E-state index contributed by atoms with van der Waals surface area (Å²) in [6, 6.07) is 13.0. The van der Waals surface area contributed by atoms with Crippen molar-refractivity contribution in [2.75, 3.05) is 11.9 Å². The second-order valence-electron chi connectivity index (χ2n) is 5.05. The number of amides is 1. The van der Waals surface area contributed by atoms with Gasteiger partial charge in [0.15, 0.2) is 11.4 Å². The van der Waals surface area contributed by atoms with Crippen LogP contribution in [0.15, 0.2) is 48.7 Å². The molecule has 3 rings (SSSR count). The quantitative estimate of drug-likeness (QED) is 0.423. The van der Waals surface area contributed by atoms with E-state index < -0.39 is 5.91 Å². The van der Waals surface area contributed by atoms with Gasteiger partial charge >= 0.3 is 0 Å². The van der Waals surface area contributed by atoms with Gasteiger partial charge in [-0.3, -0.25) is 14.4 Å². The van der Waals surface area contributed by atoms with Crippen molar-refractivity contribution in [3.8, 4) is 5.75 Å². The van der Waals surface area contributed by atoms with E-state index in [-0.39, 0.29) is 12.3 Å². The van der Waals surface area contributed by atoms with E-state index in [2.05, 4.69) is 10.3 Å². The fraction of sp³-hybridized carbons (Fsp3) is 0.125. The Balaban J connectivity index is 2.00. The smallest absolute Gasteiger partial charge is 0.262 e. The van der Waals surface area contributed by atoms with Crippen molar-refractivity contribution in [1.82, 2.24) is 14.9 Å². The Labute approximate surface area is 132 Å². The highest BCUT2D eigenvalue weighted by molar-refractivity contribution is 5.79. The number of nitrogens with zero attached hydrogens (tertiary/aromatic N) is 2. The predicted octanol–water partition coefficient (Wildman–Crippen LogP) is 1.55. The summed E-state index contributed by atoms with van der Waals surface area (Å²) >= 11 is 0. The molecule has 118 valence electrons. The molecule has 0 spiro atoms. The minimum atomic E-state index is -0.564. The van der Waals surface area contributed by atoms with E-state index in [0.717, 1.165) is 5.56 Å². The number of carbonyl (C=O) groups is 1. The number of hydrogen-bond donors (Lipinski definition) is 4. The van der Waals surface area contributed by atoms with Crippen LogP contribution in [0, 0.1) is 0 Å². The molecule has 0 radical (unpaired) electrons. The molecule has 2 aromatic heterocycles. The standard InChI is InChI=1S/C16H16N4O3/c21-13-7-4-8-20-15(17-10-14(22)19-23)12(18-16(13)20)9-11-5-2-1-3-6-11/h1-8,17,21,23H,9-10H2,(H,19,22). The lowest BCUT2D eigenvalue weighted by atomic mass is 10.1. The first-order chi connectivity index (χ1) is 11.2. The van der Waals surface area contributed by atoms with Crippen LogP contribution in [0.1, 0.15) is 11.3 Å². The molecular formula is C16H16N4O3. The van der Waals surface area contributed by atoms with Crippen molar-refractivity contribution < 1.29 is 15.1 Å². The fourth-order valence-electron chi connectivity index (χ4n) is 2.40. The van der Waals surface area contributed by atoms with E-state index in [9.17, 15) is 9.90 Å². The Bertz CT molecular complexity index is 830. The monoisotopic (exact) mass is 312 g/mol. The number of aromatic nitrogens is 2. The molecule has 7 nitrogen and oxygen atoms in total. The minimum Gasteiger partial charge on any atom is -0.504 e. The first-order valence-electron chi connectivity index (χ1n) is 7.08. The molecule has 23 heavy (non-hydrogen) atoms. The third-order valence-electron chi connectivity index (χ3n) is 3.46. The van der Waals surface area contributed by atoms with Crippen molar-refractivity contribution >= 4 is 17.4 Å². The third-order valence-corrected chi connectivity index (χ3v) is 3.46. The van der Waals surface area contributed by atoms with Crippen molar-refractivity contribution in [2.24, 2.45) is 0 Å². The maximum atomic E-state index is 11.3. The summed E-state index contributed by atoms with van der Waals surface area (Å²) in [5, 5.41) is 21.5. The normalized spacial score (nSPS) is 10.7. The topological polar surface area (TPSA) is 98.9 Å². The minimum absolute atomic E-state index is 0.0569. The van der Waals surface area contributed by atoms with Crippen LogP contribution in [-0.4, -0.2) is 32.2 Å². The molecule has 0 aliphatic carbocycles. The highest BCUT2D eigenvalue weighted by Gasteiger charge is 2.15. The molecule has 1 amide bonds. The van der Waals surface area contributed by atoms with Crippen LogP contribution in [-0.2, 0) is 11.2 Å². The highest BCUT2D eigenvalue weighted by Crippen LogP contribution is 2.26. The SMILES string of the molecule is O=C(CNc1c(Cc2ccccc2)nc2c(O)cccn12)NO. The van der Waals surface area contributed by atoms with Gasteiger partial charge in [-0.1, -0.05) is 30.3 Å². The van der Waals surface area contributed by atoms with Crippen molar-refractivity contribution in [2.45, 2.75) is 6.42 Å². The van der Waals surface area contributed by atoms with Crippen molar-refractivity contribution in [3.63, 3.8) is 0 Å². The predicted molar refractivity (Wildman–Crippen MR) is 84.5 cm³/mol. The Morgan fingerprint density at radius 1 is 1.17 bits per heavy atom. The number of anilines is 1. The summed E-state index contributed by atoms with van der Waals surface area (Å²) in [4.78, 5) is 15.7. The van der Waals surface area contributed by atoms with Crippen LogP contribution >= 0.6 is 0 Å². The van der Waals surface area contributed by atoms with E-state index in [1.54, 1.807) is 28.2 Å². The molecule has 0 aliphatic rings. The zero-order chi connectivity index (χ0) is 16.2. The van der Waals surface area contributed by atoms with E-state index >= 15 is 0 Å². The van der Waals surface area contributed by atoms with E-state index in [0.29, 0.717) is 23.6 Å². The number of carbonyl (C=O) groups excluding carboxylic acids is 1. The molecule has 7 heteroatoms. The Morgan fingerprint density at radius 3 is 2.70 bits per heavy atom. The lowest BCUT2D eigenvalue weighted by molar-refractivity contribution is -0.127. The van der Waals surface area contributed by atoms with Crippen LogP contribution in [0.25, 0.3) is 5.65 Å². The Morgan fingerprint density at radius 2 is 1.96 bits per heavy atom. The second kappa shape index (κ2) is 6.37. The highest BCUT2D eigenvalue weighted by atomic mass is 16.5. The summed E-state index contributed by atoms with van der Waals surface area (Å²) in [6.45, 7) is -0.109. The molecule has 0 unspecified atom stereocenters. The molecule has 0 saturated carbocycles. The third kappa shape index (κ3) is 3.09. The lowest BCUT2D eigenvalue weighted by Crippen LogP contribution is -2.27. The average Bonchev–Trinajstić information content (AvgIpc) is 2.92. The number of imidazole rings is 1. The maximum absolute atomic E-state index is 11.3. The van der Waals surface area contributed by atoms with Crippen LogP contribution in [0.3, 0.4) is 0 Å². The van der Waals surface area contributed by atoms with Gasteiger partial charge in [0.25, 0.3) is 5.91 Å². The van der Waals surface area contributed by atoms with Crippen molar-refractivity contribution in [3.05, 3.63) is 59.9 Å². The number of hydroxylamine groups is 1. The number of benzene rings is 1. The molecule has 2 heterocycles. The molecule has 4 N–H and O–H groups in total. The van der Waals surface area contributed by atoms with Crippen LogP contribution in [0.5, 0.6) is 5.75 Å². The lowest BCUT2D eigenvalue weighted by Gasteiger charge is -2.08. The molecule has 3 aromatic rings. The number of aromatic hydroxyl groups is 1. The van der Waals surface area contributed by atoms with Crippen LogP contribution < -0.4 is 10.8 Å². The largest absolute Gasteiger partial charge is 0.504 e. The molecule has 1 aromatic carbocycles. The second-order valence-corrected chi connectivity index (χ2v) is 5.05. The van der Waals surface area contributed by atoms with E-state index in [1.807, 2.05) is 30.3 Å². The van der Waals surface area contributed by atoms with Gasteiger partial charge in [0.1, 0.15) is 5.82 Å². The summed E-state index contributed by atoms with van der Waals surface area (Å²) < 4.78 is 1.68. The molecule has 0 aliphatic heterocycles. The van der Waals surface area contributed by atoms with E-state index in [1.165, 1.54) is 0 Å². The van der Waals surface area contributed by atoms with Gasteiger partial charge in [-0.05, 0) is 17.7 Å². The first-order valence-corrected chi connectivity index (χ1v) is 7.08.